The lowest BCUT2D eigenvalue weighted by Crippen LogP contribution is -1.99. The van der Waals surface area contributed by atoms with Crippen LogP contribution in [-0.4, -0.2) is 14.2 Å². The fourth-order valence-electron chi connectivity index (χ4n) is 2.14. The SMILES string of the molecule is COc1cc(OC)c(C2CC2)c(C)c1C. The summed E-state index contributed by atoms with van der Waals surface area (Å²) in [7, 11) is 3.44. The van der Waals surface area contributed by atoms with E-state index in [9.17, 15) is 0 Å². The van der Waals surface area contributed by atoms with Gasteiger partial charge in [-0.1, -0.05) is 0 Å². The highest BCUT2D eigenvalue weighted by Gasteiger charge is 2.29. The van der Waals surface area contributed by atoms with Gasteiger partial charge < -0.3 is 9.47 Å². The van der Waals surface area contributed by atoms with E-state index >= 15 is 0 Å². The Morgan fingerprint density at radius 2 is 1.60 bits per heavy atom. The largest absolute Gasteiger partial charge is 0.496 e. The molecule has 2 rings (SSSR count). The Hall–Kier alpha value is -1.18. The predicted molar refractivity (Wildman–Crippen MR) is 61.0 cm³/mol. The summed E-state index contributed by atoms with van der Waals surface area (Å²) in [6.45, 7) is 4.27. The van der Waals surface area contributed by atoms with Crippen LogP contribution in [0.4, 0.5) is 0 Å². The lowest BCUT2D eigenvalue weighted by atomic mass is 9.97. The zero-order chi connectivity index (χ0) is 11.0. The molecule has 0 unspecified atom stereocenters. The summed E-state index contributed by atoms with van der Waals surface area (Å²) in [5.41, 5.74) is 3.95. The summed E-state index contributed by atoms with van der Waals surface area (Å²) in [5.74, 6) is 2.62. The second-order valence-corrected chi connectivity index (χ2v) is 4.22. The molecule has 2 heteroatoms. The van der Waals surface area contributed by atoms with Crippen molar-refractivity contribution in [3.63, 3.8) is 0 Å². The molecule has 1 aliphatic carbocycles. The van der Waals surface area contributed by atoms with Gasteiger partial charge in [-0.05, 0) is 43.7 Å². The van der Waals surface area contributed by atoms with Crippen molar-refractivity contribution >= 4 is 0 Å². The first-order chi connectivity index (χ1) is 7.19. The third kappa shape index (κ3) is 1.69. The van der Waals surface area contributed by atoms with Gasteiger partial charge in [-0.2, -0.15) is 0 Å². The first-order valence-corrected chi connectivity index (χ1v) is 5.41. The van der Waals surface area contributed by atoms with E-state index in [4.69, 9.17) is 9.47 Å². The van der Waals surface area contributed by atoms with Crippen LogP contribution in [0, 0.1) is 13.8 Å². The topological polar surface area (TPSA) is 18.5 Å². The van der Waals surface area contributed by atoms with Crippen molar-refractivity contribution in [2.45, 2.75) is 32.6 Å². The van der Waals surface area contributed by atoms with Gasteiger partial charge in [0.1, 0.15) is 11.5 Å². The molecule has 0 spiro atoms. The lowest BCUT2D eigenvalue weighted by Gasteiger charge is -2.16. The molecular weight excluding hydrogens is 188 g/mol. The van der Waals surface area contributed by atoms with E-state index < -0.39 is 0 Å². The molecule has 1 aliphatic rings. The maximum absolute atomic E-state index is 5.44. The highest BCUT2D eigenvalue weighted by atomic mass is 16.5. The van der Waals surface area contributed by atoms with Crippen molar-refractivity contribution in [2.24, 2.45) is 0 Å². The van der Waals surface area contributed by atoms with Crippen LogP contribution < -0.4 is 9.47 Å². The average Bonchev–Trinajstić information content (AvgIpc) is 3.05. The third-order valence-corrected chi connectivity index (χ3v) is 3.29. The lowest BCUT2D eigenvalue weighted by molar-refractivity contribution is 0.388. The minimum atomic E-state index is 0.713. The molecule has 82 valence electrons. The molecule has 1 aromatic carbocycles. The van der Waals surface area contributed by atoms with Crippen LogP contribution in [0.25, 0.3) is 0 Å². The quantitative estimate of drug-likeness (QED) is 0.756. The molecule has 0 saturated heterocycles. The molecule has 0 aliphatic heterocycles. The Kier molecular flexibility index (Phi) is 2.59. The van der Waals surface area contributed by atoms with E-state index in [1.165, 1.54) is 29.5 Å². The summed E-state index contributed by atoms with van der Waals surface area (Å²) in [6.07, 6.45) is 2.59. The molecule has 1 fully saturated rings. The molecule has 1 saturated carbocycles. The second-order valence-electron chi connectivity index (χ2n) is 4.22. The molecule has 2 nitrogen and oxygen atoms in total. The number of hydrogen-bond acceptors (Lipinski definition) is 2. The Labute approximate surface area is 91.2 Å². The minimum Gasteiger partial charge on any atom is -0.496 e. The molecule has 0 radical (unpaired) electrons. The minimum absolute atomic E-state index is 0.713. The Morgan fingerprint density at radius 1 is 1.00 bits per heavy atom. The van der Waals surface area contributed by atoms with E-state index in [0.29, 0.717) is 5.92 Å². The van der Waals surface area contributed by atoms with Crippen molar-refractivity contribution in [3.05, 3.63) is 22.8 Å². The first kappa shape index (κ1) is 10.3. The smallest absolute Gasteiger partial charge is 0.126 e. The van der Waals surface area contributed by atoms with E-state index in [0.717, 1.165) is 11.5 Å². The van der Waals surface area contributed by atoms with Crippen LogP contribution >= 0.6 is 0 Å². The zero-order valence-corrected chi connectivity index (χ0v) is 9.89. The van der Waals surface area contributed by atoms with Gasteiger partial charge in [0.15, 0.2) is 0 Å². The average molecular weight is 206 g/mol. The van der Waals surface area contributed by atoms with Crippen LogP contribution in [0.5, 0.6) is 11.5 Å². The van der Waals surface area contributed by atoms with Crippen molar-refractivity contribution in [1.29, 1.82) is 0 Å². The molecule has 15 heavy (non-hydrogen) atoms. The third-order valence-electron chi connectivity index (χ3n) is 3.29. The zero-order valence-electron chi connectivity index (χ0n) is 9.89. The van der Waals surface area contributed by atoms with Crippen LogP contribution in [0.15, 0.2) is 6.07 Å². The summed E-state index contributed by atoms with van der Waals surface area (Å²) >= 11 is 0. The molecule has 0 N–H and O–H groups in total. The standard InChI is InChI=1S/C13H18O2/c1-8-9(2)13(10-5-6-10)12(15-4)7-11(8)14-3/h7,10H,5-6H2,1-4H3. The fourth-order valence-corrected chi connectivity index (χ4v) is 2.14. The molecule has 1 aromatic rings. The normalized spacial score (nSPS) is 15.2. The van der Waals surface area contributed by atoms with Crippen LogP contribution in [-0.2, 0) is 0 Å². The number of ether oxygens (including phenoxy) is 2. The van der Waals surface area contributed by atoms with Crippen LogP contribution in [0.2, 0.25) is 0 Å². The van der Waals surface area contributed by atoms with Crippen molar-refractivity contribution in [1.82, 2.24) is 0 Å². The summed E-state index contributed by atoms with van der Waals surface area (Å²) in [4.78, 5) is 0. The first-order valence-electron chi connectivity index (χ1n) is 5.41. The van der Waals surface area contributed by atoms with E-state index in [1.54, 1.807) is 14.2 Å². The van der Waals surface area contributed by atoms with Crippen LogP contribution in [0.1, 0.15) is 35.4 Å². The monoisotopic (exact) mass is 206 g/mol. The highest BCUT2D eigenvalue weighted by Crippen LogP contribution is 2.48. The van der Waals surface area contributed by atoms with Crippen molar-refractivity contribution < 1.29 is 9.47 Å². The molecular formula is C13H18O2. The predicted octanol–water partition coefficient (Wildman–Crippen LogP) is 3.20. The number of rotatable bonds is 3. The van der Waals surface area contributed by atoms with E-state index in [2.05, 4.69) is 13.8 Å². The molecule has 0 atom stereocenters. The maximum atomic E-state index is 5.44. The highest BCUT2D eigenvalue weighted by molar-refractivity contribution is 5.54. The summed E-state index contributed by atoms with van der Waals surface area (Å²) in [6, 6.07) is 2.01. The Morgan fingerprint density at radius 3 is 2.07 bits per heavy atom. The Balaban J connectivity index is 2.56. The van der Waals surface area contributed by atoms with Gasteiger partial charge in [0, 0.05) is 11.6 Å². The van der Waals surface area contributed by atoms with Crippen molar-refractivity contribution in [2.75, 3.05) is 14.2 Å². The van der Waals surface area contributed by atoms with Crippen molar-refractivity contribution in [3.8, 4) is 11.5 Å². The van der Waals surface area contributed by atoms with E-state index in [1.807, 2.05) is 6.07 Å². The van der Waals surface area contributed by atoms with Gasteiger partial charge in [-0.3, -0.25) is 0 Å². The van der Waals surface area contributed by atoms with Gasteiger partial charge in [-0.25, -0.2) is 0 Å². The van der Waals surface area contributed by atoms with Gasteiger partial charge >= 0.3 is 0 Å². The van der Waals surface area contributed by atoms with Gasteiger partial charge in [0.2, 0.25) is 0 Å². The molecule has 0 heterocycles. The fraction of sp³-hybridized carbons (Fsp3) is 0.538. The molecule has 0 amide bonds. The summed E-state index contributed by atoms with van der Waals surface area (Å²) in [5, 5.41) is 0. The van der Waals surface area contributed by atoms with Gasteiger partial charge in [0.05, 0.1) is 14.2 Å². The second kappa shape index (κ2) is 3.76. The number of methoxy groups -OCH3 is 2. The molecule has 0 aromatic heterocycles. The number of hydrogen-bond donors (Lipinski definition) is 0. The van der Waals surface area contributed by atoms with E-state index in [-0.39, 0.29) is 0 Å². The maximum Gasteiger partial charge on any atom is 0.126 e. The number of benzene rings is 1. The van der Waals surface area contributed by atoms with Gasteiger partial charge in [-0.15, -0.1) is 0 Å². The Bertz CT molecular complexity index is 379. The summed E-state index contributed by atoms with van der Waals surface area (Å²) < 4.78 is 10.8. The van der Waals surface area contributed by atoms with Gasteiger partial charge in [0.25, 0.3) is 0 Å². The van der Waals surface area contributed by atoms with Crippen LogP contribution in [0.3, 0.4) is 0 Å². The molecule has 0 bridgehead atoms.